The van der Waals surface area contributed by atoms with Gasteiger partial charge in [0.2, 0.25) is 6.29 Å². The minimum absolute atomic E-state index is 0.274. The third-order valence-corrected chi connectivity index (χ3v) is 1.81. The van der Waals surface area contributed by atoms with E-state index >= 15 is 0 Å². The molecule has 0 saturated carbocycles. The summed E-state index contributed by atoms with van der Waals surface area (Å²) >= 11 is 0. The van der Waals surface area contributed by atoms with E-state index < -0.39 is 0 Å². The van der Waals surface area contributed by atoms with Crippen LogP contribution in [0.25, 0.3) is 0 Å². The summed E-state index contributed by atoms with van der Waals surface area (Å²) in [5.74, 6) is 0. The first-order chi connectivity index (χ1) is 7.03. The smallest absolute Gasteiger partial charge is 0.203 e. The Morgan fingerprint density at radius 1 is 1.53 bits per heavy atom. The molecule has 0 spiro atoms. The van der Waals surface area contributed by atoms with Crippen LogP contribution in [0.3, 0.4) is 0 Å². The van der Waals surface area contributed by atoms with Gasteiger partial charge in [0.15, 0.2) is 0 Å². The molecule has 0 bridgehead atoms. The number of rotatable bonds is 3. The SMILES string of the molecule is CC(C)(C)ON=C1CC=CC=C1C[C]=O. The monoisotopic (exact) mass is 206 g/mol. The minimum Gasteiger partial charge on any atom is -0.390 e. The fourth-order valence-corrected chi connectivity index (χ4v) is 1.12. The highest BCUT2D eigenvalue weighted by molar-refractivity contribution is 6.03. The van der Waals surface area contributed by atoms with Gasteiger partial charge in [0.25, 0.3) is 0 Å². The van der Waals surface area contributed by atoms with Crippen LogP contribution in [0.5, 0.6) is 0 Å². The van der Waals surface area contributed by atoms with Crippen LogP contribution in [-0.2, 0) is 9.63 Å². The maximum Gasteiger partial charge on any atom is 0.203 e. The van der Waals surface area contributed by atoms with Crippen molar-refractivity contribution in [1.82, 2.24) is 0 Å². The first-order valence-corrected chi connectivity index (χ1v) is 4.99. The highest BCUT2D eigenvalue weighted by atomic mass is 16.6. The molecule has 3 heteroatoms. The Kier molecular flexibility index (Phi) is 3.83. The zero-order chi connectivity index (χ0) is 11.3. The number of nitrogens with zero attached hydrogens (tertiary/aromatic N) is 1. The van der Waals surface area contributed by atoms with Gasteiger partial charge >= 0.3 is 0 Å². The molecule has 0 aromatic heterocycles. The standard InChI is InChI=1S/C12H16NO2/c1-12(2,3)15-13-11-7-5-4-6-10(11)8-9-14/h4-6H,7-8H2,1-3H3. The summed E-state index contributed by atoms with van der Waals surface area (Å²) in [5.41, 5.74) is 1.40. The van der Waals surface area contributed by atoms with Gasteiger partial charge < -0.3 is 4.84 Å². The maximum atomic E-state index is 10.3. The molecule has 15 heavy (non-hydrogen) atoms. The van der Waals surface area contributed by atoms with Crippen molar-refractivity contribution in [1.29, 1.82) is 0 Å². The summed E-state index contributed by atoms with van der Waals surface area (Å²) in [6.07, 6.45) is 8.64. The molecule has 3 nitrogen and oxygen atoms in total. The number of hydrogen-bond acceptors (Lipinski definition) is 3. The van der Waals surface area contributed by atoms with E-state index in [1.165, 1.54) is 0 Å². The summed E-state index contributed by atoms with van der Waals surface area (Å²) in [5, 5.41) is 4.07. The molecule has 1 aliphatic rings. The van der Waals surface area contributed by atoms with Crippen LogP contribution in [0, 0.1) is 0 Å². The predicted molar refractivity (Wildman–Crippen MR) is 60.4 cm³/mol. The van der Waals surface area contributed by atoms with Crippen molar-refractivity contribution >= 4 is 12.0 Å². The average Bonchev–Trinajstić information content (AvgIpc) is 2.16. The third-order valence-electron chi connectivity index (χ3n) is 1.81. The molecule has 0 amide bonds. The highest BCUT2D eigenvalue weighted by Gasteiger charge is 2.13. The Morgan fingerprint density at radius 3 is 2.87 bits per heavy atom. The van der Waals surface area contributed by atoms with Crippen molar-refractivity contribution in [3.05, 3.63) is 23.8 Å². The summed E-state index contributed by atoms with van der Waals surface area (Å²) in [6, 6.07) is 0. The lowest BCUT2D eigenvalue weighted by Gasteiger charge is -2.18. The molecule has 0 atom stereocenters. The zero-order valence-corrected chi connectivity index (χ0v) is 9.41. The molecule has 0 saturated heterocycles. The van der Waals surface area contributed by atoms with Gasteiger partial charge in [0, 0.05) is 12.8 Å². The van der Waals surface area contributed by atoms with E-state index in [9.17, 15) is 4.79 Å². The molecular weight excluding hydrogens is 190 g/mol. The quantitative estimate of drug-likeness (QED) is 0.665. The molecule has 0 aromatic carbocycles. The maximum absolute atomic E-state index is 10.3. The third kappa shape index (κ3) is 4.11. The second-order valence-corrected chi connectivity index (χ2v) is 4.39. The lowest BCUT2D eigenvalue weighted by Crippen LogP contribution is -2.18. The Morgan fingerprint density at radius 2 is 2.27 bits per heavy atom. The molecular formula is C12H16NO2. The van der Waals surface area contributed by atoms with Gasteiger partial charge in [0.05, 0.1) is 5.71 Å². The molecule has 0 fully saturated rings. The topological polar surface area (TPSA) is 38.7 Å². The van der Waals surface area contributed by atoms with Crippen molar-refractivity contribution < 1.29 is 9.63 Å². The van der Waals surface area contributed by atoms with E-state index in [1.807, 2.05) is 45.3 Å². The van der Waals surface area contributed by atoms with Gasteiger partial charge in [-0.25, -0.2) is 0 Å². The average molecular weight is 206 g/mol. The minimum atomic E-state index is -0.301. The van der Waals surface area contributed by atoms with Gasteiger partial charge in [-0.1, -0.05) is 23.4 Å². The van der Waals surface area contributed by atoms with Crippen LogP contribution < -0.4 is 0 Å². The lowest BCUT2D eigenvalue weighted by atomic mass is 10.0. The number of allylic oxidation sites excluding steroid dienone is 4. The van der Waals surface area contributed by atoms with Crippen LogP contribution in [0.15, 0.2) is 29.0 Å². The van der Waals surface area contributed by atoms with E-state index in [0.29, 0.717) is 6.42 Å². The second kappa shape index (κ2) is 4.91. The van der Waals surface area contributed by atoms with Crippen LogP contribution in [0.2, 0.25) is 0 Å². The van der Waals surface area contributed by atoms with Crippen molar-refractivity contribution in [2.45, 2.75) is 39.2 Å². The first kappa shape index (κ1) is 11.7. The largest absolute Gasteiger partial charge is 0.390 e. The second-order valence-electron chi connectivity index (χ2n) is 4.39. The van der Waals surface area contributed by atoms with E-state index in [1.54, 1.807) is 0 Å². The molecule has 1 rings (SSSR count). The van der Waals surface area contributed by atoms with Crippen LogP contribution in [-0.4, -0.2) is 17.6 Å². The number of oxime groups is 1. The van der Waals surface area contributed by atoms with Crippen molar-refractivity contribution in [3.8, 4) is 0 Å². The summed E-state index contributed by atoms with van der Waals surface area (Å²) < 4.78 is 0. The number of hydrogen-bond donors (Lipinski definition) is 0. The molecule has 0 N–H and O–H groups in total. The Bertz CT molecular complexity index is 319. The zero-order valence-electron chi connectivity index (χ0n) is 9.41. The fourth-order valence-electron chi connectivity index (χ4n) is 1.12. The van der Waals surface area contributed by atoms with Gasteiger partial charge in [-0.05, 0) is 26.3 Å². The lowest BCUT2D eigenvalue weighted by molar-refractivity contribution is 0.000746. The van der Waals surface area contributed by atoms with E-state index in [2.05, 4.69) is 5.16 Å². The number of carbonyl (C=O) groups excluding carboxylic acids is 1. The van der Waals surface area contributed by atoms with Gasteiger partial charge in [-0.15, -0.1) is 0 Å². The Labute approximate surface area is 90.5 Å². The molecule has 1 radical (unpaired) electrons. The Hall–Kier alpha value is -1.38. The van der Waals surface area contributed by atoms with Crippen LogP contribution in [0.1, 0.15) is 33.6 Å². The van der Waals surface area contributed by atoms with Crippen molar-refractivity contribution in [2.75, 3.05) is 0 Å². The van der Waals surface area contributed by atoms with E-state index in [4.69, 9.17) is 4.84 Å². The summed E-state index contributed by atoms with van der Waals surface area (Å²) in [4.78, 5) is 15.7. The van der Waals surface area contributed by atoms with Gasteiger partial charge in [0.1, 0.15) is 5.60 Å². The molecule has 0 heterocycles. The summed E-state index contributed by atoms with van der Waals surface area (Å²) in [7, 11) is 0. The normalized spacial score (nSPS) is 18.9. The molecule has 1 aliphatic carbocycles. The predicted octanol–water partition coefficient (Wildman–Crippen LogP) is 2.54. The van der Waals surface area contributed by atoms with Crippen LogP contribution >= 0.6 is 0 Å². The molecule has 0 aliphatic heterocycles. The first-order valence-electron chi connectivity index (χ1n) is 4.99. The summed E-state index contributed by atoms with van der Waals surface area (Å²) in [6.45, 7) is 5.81. The molecule has 0 aromatic rings. The van der Waals surface area contributed by atoms with Crippen LogP contribution in [0.4, 0.5) is 0 Å². The fraction of sp³-hybridized carbons (Fsp3) is 0.500. The van der Waals surface area contributed by atoms with Gasteiger partial charge in [-0.3, -0.25) is 4.79 Å². The highest BCUT2D eigenvalue weighted by Crippen LogP contribution is 2.15. The van der Waals surface area contributed by atoms with E-state index in [0.717, 1.165) is 11.3 Å². The van der Waals surface area contributed by atoms with Gasteiger partial charge in [-0.2, -0.15) is 0 Å². The van der Waals surface area contributed by atoms with E-state index in [-0.39, 0.29) is 12.0 Å². The Balaban J connectivity index is 2.72. The molecule has 0 unspecified atom stereocenters. The van der Waals surface area contributed by atoms with Crippen molar-refractivity contribution in [3.63, 3.8) is 0 Å². The molecule has 81 valence electrons. The van der Waals surface area contributed by atoms with Crippen molar-refractivity contribution in [2.24, 2.45) is 5.16 Å².